The Bertz CT molecular complexity index is 1160. The lowest BCUT2D eigenvalue weighted by molar-refractivity contribution is 0.0941. The number of carbonyl (C=O) groups is 1. The Morgan fingerprint density at radius 3 is 2.79 bits per heavy atom. The zero-order valence-electron chi connectivity index (χ0n) is 14.9. The summed E-state index contributed by atoms with van der Waals surface area (Å²) in [4.78, 5) is 33.7. The molecule has 1 aliphatic rings. The molecule has 7 nitrogen and oxygen atoms in total. The molecule has 3 aromatic rings. The van der Waals surface area contributed by atoms with E-state index in [0.717, 1.165) is 5.56 Å². The molecule has 0 saturated carbocycles. The number of aromatic nitrogens is 3. The number of amides is 1. The van der Waals surface area contributed by atoms with Crippen LogP contribution in [0.25, 0.3) is 6.08 Å². The van der Waals surface area contributed by atoms with E-state index in [4.69, 9.17) is 11.6 Å². The maximum atomic E-state index is 13.3. The minimum absolute atomic E-state index is 0.265. The quantitative estimate of drug-likeness (QED) is 0.710. The third-order valence-electron chi connectivity index (χ3n) is 4.68. The summed E-state index contributed by atoms with van der Waals surface area (Å²) in [5.41, 5.74) is 0.544. The second-order valence-electron chi connectivity index (χ2n) is 6.50. The van der Waals surface area contributed by atoms with Crippen LogP contribution in [0.5, 0.6) is 0 Å². The summed E-state index contributed by atoms with van der Waals surface area (Å²) in [7, 11) is 0. The number of halogens is 1. The first kappa shape index (κ1) is 17.9. The van der Waals surface area contributed by atoms with E-state index in [1.807, 2.05) is 6.07 Å². The number of hydrogen-bond donors (Lipinski definition) is 2. The van der Waals surface area contributed by atoms with Gasteiger partial charge in [0, 0.05) is 16.8 Å². The van der Waals surface area contributed by atoms with E-state index in [-0.39, 0.29) is 22.8 Å². The number of carbonyl (C=O) groups excluding carboxylic acids is 1. The lowest BCUT2D eigenvalue weighted by atomic mass is 9.99. The molecule has 1 atom stereocenters. The fourth-order valence-electron chi connectivity index (χ4n) is 3.31. The van der Waals surface area contributed by atoms with E-state index in [1.54, 1.807) is 49.5 Å². The number of anilines is 2. The molecule has 1 unspecified atom stereocenters. The van der Waals surface area contributed by atoms with Gasteiger partial charge in [-0.3, -0.25) is 14.2 Å². The van der Waals surface area contributed by atoms with Crippen molar-refractivity contribution in [2.24, 2.45) is 0 Å². The number of pyridine rings is 1. The highest BCUT2D eigenvalue weighted by Gasteiger charge is 2.41. The van der Waals surface area contributed by atoms with Crippen molar-refractivity contribution >= 4 is 35.1 Å². The van der Waals surface area contributed by atoms with Crippen LogP contribution >= 0.6 is 11.6 Å². The number of nitrogens with one attached hydrogen (secondary N) is 2. The monoisotopic (exact) mass is 393 g/mol. The van der Waals surface area contributed by atoms with Crippen molar-refractivity contribution < 1.29 is 4.79 Å². The van der Waals surface area contributed by atoms with Crippen molar-refractivity contribution in [2.75, 3.05) is 5.32 Å². The van der Waals surface area contributed by atoms with Crippen LogP contribution in [-0.4, -0.2) is 20.4 Å². The second-order valence-corrected chi connectivity index (χ2v) is 6.93. The first-order chi connectivity index (χ1) is 13.4. The van der Waals surface area contributed by atoms with Gasteiger partial charge in [0.15, 0.2) is 0 Å². The van der Waals surface area contributed by atoms with Crippen LogP contribution in [0.2, 0.25) is 5.02 Å². The summed E-state index contributed by atoms with van der Waals surface area (Å²) in [6.07, 6.45) is 4.61. The van der Waals surface area contributed by atoms with Crippen LogP contribution in [0.3, 0.4) is 0 Å². The highest BCUT2D eigenvalue weighted by Crippen LogP contribution is 2.32. The van der Waals surface area contributed by atoms with Crippen molar-refractivity contribution in [3.8, 4) is 0 Å². The highest BCUT2D eigenvalue weighted by atomic mass is 35.5. The van der Waals surface area contributed by atoms with Gasteiger partial charge in [-0.25, -0.2) is 9.97 Å². The van der Waals surface area contributed by atoms with Gasteiger partial charge >= 0.3 is 0 Å². The van der Waals surface area contributed by atoms with E-state index < -0.39 is 5.66 Å². The average Bonchev–Trinajstić information content (AvgIpc) is 2.96. The predicted molar refractivity (Wildman–Crippen MR) is 108 cm³/mol. The van der Waals surface area contributed by atoms with Crippen LogP contribution in [0.15, 0.2) is 60.3 Å². The van der Waals surface area contributed by atoms with Gasteiger partial charge in [0.05, 0.1) is 0 Å². The topological polar surface area (TPSA) is 88.9 Å². The van der Waals surface area contributed by atoms with Crippen LogP contribution in [0, 0.1) is 0 Å². The smallest absolute Gasteiger partial charge is 0.277 e. The van der Waals surface area contributed by atoms with E-state index in [1.165, 1.54) is 10.9 Å². The zero-order chi connectivity index (χ0) is 19.9. The number of hydrogen-bond acceptors (Lipinski definition) is 5. The molecule has 0 bridgehead atoms. The number of benzene rings is 1. The van der Waals surface area contributed by atoms with Crippen molar-refractivity contribution in [1.82, 2.24) is 19.9 Å². The molecule has 4 rings (SSSR count). The molecule has 28 heavy (non-hydrogen) atoms. The number of fused-ring (bicyclic) bond motifs is 1. The molecule has 0 saturated heterocycles. The van der Waals surface area contributed by atoms with Crippen molar-refractivity contribution in [3.05, 3.63) is 87.7 Å². The summed E-state index contributed by atoms with van der Waals surface area (Å²) in [6.45, 7) is 5.52. The summed E-state index contributed by atoms with van der Waals surface area (Å²) < 4.78 is 1.43. The number of rotatable bonds is 4. The third-order valence-corrected chi connectivity index (χ3v) is 4.90. The Hall–Kier alpha value is -3.45. The molecule has 8 heteroatoms. The molecule has 2 aromatic heterocycles. The van der Waals surface area contributed by atoms with Crippen molar-refractivity contribution in [3.63, 3.8) is 0 Å². The van der Waals surface area contributed by atoms with Gasteiger partial charge in [0.2, 0.25) is 0 Å². The third kappa shape index (κ3) is 2.86. The van der Waals surface area contributed by atoms with Crippen LogP contribution in [-0.2, 0) is 5.66 Å². The van der Waals surface area contributed by atoms with Gasteiger partial charge in [-0.2, -0.15) is 0 Å². The summed E-state index contributed by atoms with van der Waals surface area (Å²) >= 11 is 6.24. The van der Waals surface area contributed by atoms with Crippen LogP contribution in [0.1, 0.15) is 28.5 Å². The van der Waals surface area contributed by atoms with Gasteiger partial charge in [-0.15, -0.1) is 0 Å². The van der Waals surface area contributed by atoms with E-state index in [9.17, 15) is 9.59 Å². The summed E-state index contributed by atoms with van der Waals surface area (Å²) in [6, 6.07) is 10.1. The summed E-state index contributed by atoms with van der Waals surface area (Å²) in [5, 5.41) is 6.36. The fraction of sp³-hybridized carbons (Fsp3) is 0.100. The standard InChI is InChI=1S/C20H16ClN5O2/c1-3-12-8-13(10-14(21)9-12)20(2)25-18(27)16-5-4-15(19(28)26(16)20)24-17-6-7-22-11-23-17/h3-11H,1H2,2H3,(H,25,27)(H,22,23,24). The largest absolute Gasteiger partial charge is 0.336 e. The Labute approximate surface area is 165 Å². The van der Waals surface area contributed by atoms with Gasteiger partial charge in [-0.1, -0.05) is 24.3 Å². The average molecular weight is 394 g/mol. The second kappa shape index (κ2) is 6.61. The minimum Gasteiger partial charge on any atom is -0.336 e. The molecule has 1 aliphatic heterocycles. The molecule has 0 spiro atoms. The molecular weight excluding hydrogens is 378 g/mol. The lowest BCUT2D eigenvalue weighted by Gasteiger charge is -2.28. The van der Waals surface area contributed by atoms with Gasteiger partial charge in [-0.05, 0) is 48.9 Å². The van der Waals surface area contributed by atoms with Gasteiger partial charge in [0.1, 0.15) is 29.2 Å². The molecule has 2 N–H and O–H groups in total. The van der Waals surface area contributed by atoms with E-state index >= 15 is 0 Å². The maximum Gasteiger partial charge on any atom is 0.277 e. The molecule has 3 heterocycles. The molecular formula is C20H16ClN5O2. The van der Waals surface area contributed by atoms with E-state index in [2.05, 4.69) is 27.2 Å². The highest BCUT2D eigenvalue weighted by molar-refractivity contribution is 6.30. The van der Waals surface area contributed by atoms with E-state index in [0.29, 0.717) is 16.4 Å². The minimum atomic E-state index is -1.10. The van der Waals surface area contributed by atoms with Crippen molar-refractivity contribution in [1.29, 1.82) is 0 Å². The van der Waals surface area contributed by atoms with Gasteiger partial charge < -0.3 is 10.6 Å². The molecule has 1 amide bonds. The zero-order valence-corrected chi connectivity index (χ0v) is 15.7. The SMILES string of the molecule is C=Cc1cc(Cl)cc(C2(C)NC(=O)c3ccc(Nc4ccncn4)c(=O)n32)c1. The summed E-state index contributed by atoms with van der Waals surface area (Å²) in [5.74, 6) is 0.136. The fourth-order valence-corrected chi connectivity index (χ4v) is 3.55. The first-order valence-electron chi connectivity index (χ1n) is 8.48. The van der Waals surface area contributed by atoms with Gasteiger partial charge in [0.25, 0.3) is 11.5 Å². The normalized spacial score (nSPS) is 17.7. The molecule has 0 aliphatic carbocycles. The molecule has 1 aromatic carbocycles. The first-order valence-corrected chi connectivity index (χ1v) is 8.86. The van der Waals surface area contributed by atoms with Crippen LogP contribution in [0.4, 0.5) is 11.5 Å². The van der Waals surface area contributed by atoms with Crippen LogP contribution < -0.4 is 16.2 Å². The Kier molecular flexibility index (Phi) is 4.24. The Morgan fingerprint density at radius 1 is 1.25 bits per heavy atom. The predicted octanol–water partition coefficient (Wildman–Crippen LogP) is 3.14. The Morgan fingerprint density at radius 2 is 2.07 bits per heavy atom. The molecule has 0 radical (unpaired) electrons. The molecule has 140 valence electrons. The molecule has 0 fully saturated rings. The Balaban J connectivity index is 1.88. The maximum absolute atomic E-state index is 13.3. The van der Waals surface area contributed by atoms with Crippen molar-refractivity contribution in [2.45, 2.75) is 12.6 Å². The lowest BCUT2D eigenvalue weighted by Crippen LogP contribution is -2.46. The number of nitrogens with zero attached hydrogens (tertiary/aromatic N) is 3.